The molecule has 16 heavy (non-hydrogen) atoms. The van der Waals surface area contributed by atoms with Gasteiger partial charge in [0.15, 0.2) is 0 Å². The molecule has 0 aromatic rings. The molecule has 0 unspecified atom stereocenters. The number of alkyl halides is 6. The van der Waals surface area contributed by atoms with Gasteiger partial charge in [-0.3, -0.25) is 0 Å². The lowest BCUT2D eigenvalue weighted by Crippen LogP contribution is -2.15. The quantitative estimate of drug-likeness (QED) is 0.493. The van der Waals surface area contributed by atoms with Gasteiger partial charge in [-0.15, -0.1) is 0 Å². The second kappa shape index (κ2) is 5.23. The van der Waals surface area contributed by atoms with E-state index in [1.165, 1.54) is 6.92 Å². The van der Waals surface area contributed by atoms with Crippen LogP contribution in [0, 0.1) is 0 Å². The fourth-order valence-corrected chi connectivity index (χ4v) is 0.900. The van der Waals surface area contributed by atoms with E-state index in [0.29, 0.717) is 12.2 Å². The summed E-state index contributed by atoms with van der Waals surface area (Å²) in [7, 11) is 0. The SMILES string of the molecule is CC=C(/C=C(\C=C/C)C(F)(F)F)C(F)(F)F. The topological polar surface area (TPSA) is 0 Å². The Hall–Kier alpha value is -1.20. The Morgan fingerprint density at radius 1 is 0.812 bits per heavy atom. The van der Waals surface area contributed by atoms with Gasteiger partial charge in [0.1, 0.15) is 0 Å². The number of hydrogen-bond acceptors (Lipinski definition) is 0. The summed E-state index contributed by atoms with van der Waals surface area (Å²) < 4.78 is 73.4. The molecule has 0 fully saturated rings. The van der Waals surface area contributed by atoms with Crippen LogP contribution >= 0.6 is 0 Å². The van der Waals surface area contributed by atoms with E-state index in [2.05, 4.69) is 0 Å². The number of hydrogen-bond donors (Lipinski definition) is 0. The van der Waals surface area contributed by atoms with Crippen molar-refractivity contribution in [1.82, 2.24) is 0 Å². The van der Waals surface area contributed by atoms with Crippen LogP contribution in [-0.4, -0.2) is 12.4 Å². The average Bonchev–Trinajstić information content (AvgIpc) is 2.07. The van der Waals surface area contributed by atoms with Crippen molar-refractivity contribution in [3.8, 4) is 0 Å². The summed E-state index contributed by atoms with van der Waals surface area (Å²) in [5, 5.41) is 0. The third kappa shape index (κ3) is 4.55. The number of rotatable bonds is 2. The normalized spacial score (nSPS) is 16.0. The summed E-state index contributed by atoms with van der Waals surface area (Å²) in [6.07, 6.45) is -7.29. The molecule has 0 aliphatic rings. The van der Waals surface area contributed by atoms with Crippen LogP contribution in [0.5, 0.6) is 0 Å². The van der Waals surface area contributed by atoms with Crippen molar-refractivity contribution in [1.29, 1.82) is 0 Å². The highest BCUT2D eigenvalue weighted by Gasteiger charge is 2.36. The minimum Gasteiger partial charge on any atom is -0.166 e. The van der Waals surface area contributed by atoms with Gasteiger partial charge in [0, 0.05) is 0 Å². The molecule has 0 saturated heterocycles. The first kappa shape index (κ1) is 14.8. The first-order valence-corrected chi connectivity index (χ1v) is 4.28. The molecule has 0 amide bonds. The molecule has 0 bridgehead atoms. The molecule has 0 saturated carbocycles. The summed E-state index contributed by atoms with van der Waals surface area (Å²) in [5.74, 6) is 0. The maximum Gasteiger partial charge on any atom is 0.416 e. The van der Waals surface area contributed by atoms with E-state index in [9.17, 15) is 26.3 Å². The Morgan fingerprint density at radius 3 is 1.50 bits per heavy atom. The van der Waals surface area contributed by atoms with Crippen LogP contribution in [0.1, 0.15) is 13.8 Å². The van der Waals surface area contributed by atoms with Gasteiger partial charge in [-0.05, 0) is 19.9 Å². The van der Waals surface area contributed by atoms with E-state index >= 15 is 0 Å². The molecule has 0 atom stereocenters. The Morgan fingerprint density at radius 2 is 1.25 bits per heavy atom. The lowest BCUT2D eigenvalue weighted by Gasteiger charge is -2.11. The van der Waals surface area contributed by atoms with E-state index in [1.807, 2.05) is 0 Å². The molecular formula is C10H10F6. The molecular weight excluding hydrogens is 234 g/mol. The average molecular weight is 244 g/mol. The second-order valence-corrected chi connectivity index (χ2v) is 2.84. The zero-order chi connectivity index (χ0) is 13.0. The van der Waals surface area contributed by atoms with Crippen molar-refractivity contribution in [3.63, 3.8) is 0 Å². The van der Waals surface area contributed by atoms with Crippen molar-refractivity contribution in [2.75, 3.05) is 0 Å². The highest BCUT2D eigenvalue weighted by molar-refractivity contribution is 5.35. The van der Waals surface area contributed by atoms with E-state index in [1.54, 1.807) is 0 Å². The lowest BCUT2D eigenvalue weighted by molar-refractivity contribution is -0.0934. The van der Waals surface area contributed by atoms with Crippen molar-refractivity contribution in [2.24, 2.45) is 0 Å². The Kier molecular flexibility index (Phi) is 4.83. The van der Waals surface area contributed by atoms with Gasteiger partial charge in [-0.2, -0.15) is 26.3 Å². The fourth-order valence-electron chi connectivity index (χ4n) is 0.900. The molecule has 6 heteroatoms. The van der Waals surface area contributed by atoms with Crippen LogP contribution < -0.4 is 0 Å². The molecule has 0 rings (SSSR count). The van der Waals surface area contributed by atoms with Crippen molar-refractivity contribution in [2.45, 2.75) is 26.2 Å². The van der Waals surface area contributed by atoms with E-state index < -0.39 is 23.5 Å². The Balaban J connectivity index is 5.38. The van der Waals surface area contributed by atoms with Crippen LogP contribution in [-0.2, 0) is 0 Å². The minimum absolute atomic E-state index is 0.0833. The Bertz CT molecular complexity index is 313. The summed E-state index contributed by atoms with van der Waals surface area (Å²) >= 11 is 0. The monoisotopic (exact) mass is 244 g/mol. The van der Waals surface area contributed by atoms with Crippen molar-refractivity contribution < 1.29 is 26.3 Å². The minimum atomic E-state index is -4.80. The van der Waals surface area contributed by atoms with Crippen molar-refractivity contribution >= 4 is 0 Å². The van der Waals surface area contributed by atoms with Crippen LogP contribution in [0.25, 0.3) is 0 Å². The van der Waals surface area contributed by atoms with Crippen LogP contribution in [0.4, 0.5) is 26.3 Å². The Labute approximate surface area is 88.9 Å². The molecule has 0 spiro atoms. The highest BCUT2D eigenvalue weighted by atomic mass is 19.4. The molecule has 0 aliphatic heterocycles. The molecule has 0 nitrogen and oxygen atoms in total. The third-order valence-electron chi connectivity index (χ3n) is 1.62. The van der Waals surface area contributed by atoms with Gasteiger partial charge < -0.3 is 0 Å². The van der Waals surface area contributed by atoms with Crippen LogP contribution in [0.15, 0.2) is 35.5 Å². The van der Waals surface area contributed by atoms with Crippen LogP contribution in [0.3, 0.4) is 0 Å². The molecule has 0 heterocycles. The molecule has 0 radical (unpaired) electrons. The summed E-state index contributed by atoms with van der Waals surface area (Å²) in [6.45, 7) is 2.32. The van der Waals surface area contributed by atoms with Crippen molar-refractivity contribution in [3.05, 3.63) is 35.5 Å². The summed E-state index contributed by atoms with van der Waals surface area (Å²) in [4.78, 5) is 0. The second-order valence-electron chi connectivity index (χ2n) is 2.84. The zero-order valence-electron chi connectivity index (χ0n) is 8.58. The first-order chi connectivity index (χ1) is 7.12. The predicted molar refractivity (Wildman–Crippen MR) is 48.8 cm³/mol. The van der Waals surface area contributed by atoms with Crippen LogP contribution in [0.2, 0.25) is 0 Å². The van der Waals surface area contributed by atoms with Gasteiger partial charge in [0.2, 0.25) is 0 Å². The summed E-state index contributed by atoms with van der Waals surface area (Å²) in [5.41, 5.74) is -2.65. The smallest absolute Gasteiger partial charge is 0.166 e. The van der Waals surface area contributed by atoms with Gasteiger partial charge >= 0.3 is 12.4 Å². The maximum absolute atomic E-state index is 12.3. The van der Waals surface area contributed by atoms with Gasteiger partial charge in [-0.1, -0.05) is 18.2 Å². The van der Waals surface area contributed by atoms with E-state index in [0.717, 1.165) is 13.0 Å². The highest BCUT2D eigenvalue weighted by Crippen LogP contribution is 2.32. The first-order valence-electron chi connectivity index (χ1n) is 4.28. The van der Waals surface area contributed by atoms with Gasteiger partial charge in [0.25, 0.3) is 0 Å². The zero-order valence-corrected chi connectivity index (χ0v) is 8.58. The largest absolute Gasteiger partial charge is 0.416 e. The van der Waals surface area contributed by atoms with Gasteiger partial charge in [0.05, 0.1) is 11.1 Å². The van der Waals surface area contributed by atoms with E-state index in [-0.39, 0.29) is 6.08 Å². The van der Waals surface area contributed by atoms with E-state index in [4.69, 9.17) is 0 Å². The fraction of sp³-hybridized carbons (Fsp3) is 0.400. The molecule has 0 N–H and O–H groups in total. The molecule has 0 aromatic carbocycles. The predicted octanol–water partition coefficient (Wildman–Crippen LogP) is 4.56. The lowest BCUT2D eigenvalue weighted by atomic mass is 10.1. The van der Waals surface area contributed by atoms with Gasteiger partial charge in [-0.25, -0.2) is 0 Å². The summed E-state index contributed by atoms with van der Waals surface area (Å²) in [6, 6.07) is 0. The number of allylic oxidation sites excluding steroid dienone is 6. The molecule has 92 valence electrons. The standard InChI is InChI=1S/C10H10F6/c1-3-5-8(10(14,15)16)6-7(4-2)9(11,12)13/h3-6H,1-2H3/b5-3-,7-4?,8-6+. The maximum atomic E-state index is 12.3. The number of halogens is 6. The third-order valence-corrected chi connectivity index (χ3v) is 1.62. The molecule has 0 aliphatic carbocycles. The molecule has 0 aromatic heterocycles.